The molecule has 0 amide bonds. The number of aliphatic hydroxyl groups excluding tert-OH is 13. The van der Waals surface area contributed by atoms with Gasteiger partial charge in [0.25, 0.3) is 0 Å². The Kier molecular flexibility index (Phi) is 14.2. The second-order valence-corrected chi connectivity index (χ2v) is 15.5. The Morgan fingerprint density at radius 2 is 1.11 bits per heavy atom. The lowest BCUT2D eigenvalue weighted by Crippen LogP contribution is -2.63. The maximum atomic E-state index is 14.1. The van der Waals surface area contributed by atoms with Gasteiger partial charge in [-0.05, 0) is 19.1 Å². The highest BCUT2D eigenvalue weighted by molar-refractivity contribution is 5.89. The number of aromatic hydroxyl groups is 3. The van der Waals surface area contributed by atoms with Gasteiger partial charge >= 0.3 is 0 Å². The Bertz CT molecular complexity index is 2150. The monoisotopic (exact) mass is 920 g/mol. The van der Waals surface area contributed by atoms with Crippen molar-refractivity contribution in [2.24, 2.45) is 0 Å². The summed E-state index contributed by atoms with van der Waals surface area (Å²) in [5.74, 6) is -4.06. The Morgan fingerprint density at radius 1 is 0.562 bits per heavy atom. The molecule has 0 radical (unpaired) electrons. The lowest BCUT2D eigenvalue weighted by atomic mass is 9.98. The van der Waals surface area contributed by atoms with E-state index in [1.165, 1.54) is 6.92 Å². The van der Waals surface area contributed by atoms with Crippen LogP contribution >= 0.6 is 0 Å². The highest BCUT2D eigenvalue weighted by Gasteiger charge is 2.51. The van der Waals surface area contributed by atoms with Crippen LogP contribution in [0, 0.1) is 0 Å². The lowest BCUT2D eigenvalue weighted by molar-refractivity contribution is -0.388. The van der Waals surface area contributed by atoms with Gasteiger partial charge in [0.15, 0.2) is 24.6 Å². The van der Waals surface area contributed by atoms with Gasteiger partial charge in [0, 0.05) is 18.2 Å². The van der Waals surface area contributed by atoms with Crippen molar-refractivity contribution >= 4 is 11.0 Å². The van der Waals surface area contributed by atoms with Gasteiger partial charge in [-0.2, -0.15) is 0 Å². The molecule has 16 N–H and O–H groups in total. The first kappa shape index (κ1) is 47.8. The number of rotatable bonds is 11. The zero-order valence-electron chi connectivity index (χ0n) is 33.1. The summed E-state index contributed by atoms with van der Waals surface area (Å²) in [6.45, 7) is -0.117. The van der Waals surface area contributed by atoms with E-state index in [1.807, 2.05) is 0 Å². The molecule has 0 aliphatic carbocycles. The van der Waals surface area contributed by atoms with Crippen LogP contribution in [0.1, 0.15) is 6.92 Å². The molecule has 0 saturated carbocycles. The van der Waals surface area contributed by atoms with Gasteiger partial charge in [0.2, 0.25) is 23.8 Å². The van der Waals surface area contributed by atoms with Crippen molar-refractivity contribution in [1.82, 2.24) is 0 Å². The molecule has 20 unspecified atom stereocenters. The lowest BCUT2D eigenvalue weighted by Gasteiger charge is -2.44. The molecule has 4 aliphatic rings. The molecule has 3 aromatic rings. The van der Waals surface area contributed by atoms with Crippen LogP contribution in [0.2, 0.25) is 0 Å². The van der Waals surface area contributed by atoms with Gasteiger partial charge in [-0.3, -0.25) is 4.79 Å². The van der Waals surface area contributed by atoms with E-state index >= 15 is 0 Å². The summed E-state index contributed by atoms with van der Waals surface area (Å²) >= 11 is 0. The minimum Gasteiger partial charge on any atom is -0.508 e. The number of phenolic OH excluding ortho intramolecular Hbond substituents is 3. The molecule has 4 fully saturated rings. The molecule has 1 aromatic heterocycles. The number of phenols is 3. The zero-order valence-corrected chi connectivity index (χ0v) is 33.1. The van der Waals surface area contributed by atoms with Gasteiger partial charge in [0.1, 0.15) is 119 Å². The maximum Gasteiger partial charge on any atom is 0.239 e. The topological polar surface area (TPSA) is 428 Å². The second kappa shape index (κ2) is 19.0. The highest BCUT2D eigenvalue weighted by Crippen LogP contribution is 2.42. The van der Waals surface area contributed by atoms with Gasteiger partial charge < -0.3 is 124 Å². The van der Waals surface area contributed by atoms with E-state index < -0.39 is 187 Å². The molecule has 0 spiro atoms. The van der Waals surface area contributed by atoms with Gasteiger partial charge in [-0.15, -0.1) is 0 Å². The number of hydrogen-bond acceptors (Lipinski definition) is 26. The summed E-state index contributed by atoms with van der Waals surface area (Å²) in [6, 6.07) is 4.79. The smallest absolute Gasteiger partial charge is 0.239 e. The molecular weight excluding hydrogens is 872 g/mol. The molecule has 4 aliphatic heterocycles. The average Bonchev–Trinajstić information content (AvgIpc) is 3.25. The SMILES string of the molecule is CC1OC(OC2OC(Oc3c(-c4ccc(OC5OC(COC6OC(CO)C(O)C(O)C6O)C(O)C(O)C5O)cc4O)oc4cc(O)cc(O)c4c3=O)C(O)C(O)C2O)C(O)C(O)C1O. The normalized spacial score (nSPS) is 40.6. The summed E-state index contributed by atoms with van der Waals surface area (Å²) in [7, 11) is 0. The first-order valence-corrected chi connectivity index (χ1v) is 19.6. The second-order valence-electron chi connectivity index (χ2n) is 15.5. The Balaban J connectivity index is 1.14. The Labute approximate surface area is 358 Å². The fourth-order valence-electron chi connectivity index (χ4n) is 7.41. The van der Waals surface area contributed by atoms with Crippen LogP contribution in [0.4, 0.5) is 0 Å². The fourth-order valence-corrected chi connectivity index (χ4v) is 7.41. The van der Waals surface area contributed by atoms with Crippen LogP contribution in [0.5, 0.6) is 28.7 Å². The number of fused-ring (bicyclic) bond motifs is 1. The Hall–Kier alpha value is -4.11. The van der Waals surface area contributed by atoms with Crippen LogP contribution in [0.15, 0.2) is 39.5 Å². The van der Waals surface area contributed by atoms with Crippen molar-refractivity contribution in [1.29, 1.82) is 0 Å². The first-order chi connectivity index (χ1) is 30.2. The number of benzene rings is 2. The van der Waals surface area contributed by atoms with Gasteiger partial charge in [-0.25, -0.2) is 0 Å². The summed E-state index contributed by atoms with van der Waals surface area (Å²) < 4.78 is 49.9. The summed E-state index contributed by atoms with van der Waals surface area (Å²) in [5, 5.41) is 166. The molecule has 26 heteroatoms. The van der Waals surface area contributed by atoms with Crippen molar-refractivity contribution in [3.63, 3.8) is 0 Å². The zero-order chi connectivity index (χ0) is 46.6. The van der Waals surface area contributed by atoms with E-state index in [2.05, 4.69) is 0 Å². The van der Waals surface area contributed by atoms with Crippen LogP contribution in [0.25, 0.3) is 22.3 Å². The highest BCUT2D eigenvalue weighted by atomic mass is 16.8. The quantitative estimate of drug-likeness (QED) is 0.0850. The maximum absolute atomic E-state index is 14.1. The van der Waals surface area contributed by atoms with Crippen molar-refractivity contribution in [3.05, 3.63) is 40.6 Å². The molecule has 4 saturated heterocycles. The Morgan fingerprint density at radius 3 is 1.75 bits per heavy atom. The van der Waals surface area contributed by atoms with E-state index in [0.29, 0.717) is 0 Å². The van der Waals surface area contributed by atoms with Crippen molar-refractivity contribution in [3.8, 4) is 40.1 Å². The van der Waals surface area contributed by atoms with E-state index in [9.17, 15) is 86.5 Å². The minimum absolute atomic E-state index is 0.300. The van der Waals surface area contributed by atoms with Crippen LogP contribution in [-0.2, 0) is 28.4 Å². The molecule has 5 heterocycles. The fraction of sp³-hybridized carbons (Fsp3) is 0.605. The summed E-state index contributed by atoms with van der Waals surface area (Å²) in [5.41, 5.74) is -2.06. The van der Waals surface area contributed by atoms with E-state index in [1.54, 1.807) is 0 Å². The van der Waals surface area contributed by atoms with Crippen molar-refractivity contribution in [2.45, 2.75) is 130 Å². The predicted molar refractivity (Wildman–Crippen MR) is 201 cm³/mol. The third kappa shape index (κ3) is 9.05. The standard InChI is InChI=1S/C38H48O26/c1-9-19(43)23(47)28(52)35(57-9)63-38-31(55)26(50)30(54)37(64-38)62-33-22(46)18-14(42)4-10(40)5-15(18)59-32(33)12-3-2-11(6-13(12)41)58-36-29(53)25(49)21(45)17(61-36)8-56-34-27(51)24(48)20(44)16(7-39)60-34/h2-6,9,16-17,19-21,23-31,34-45,47-55H,7-8H2,1H3. The van der Waals surface area contributed by atoms with E-state index in [0.717, 1.165) is 30.3 Å². The van der Waals surface area contributed by atoms with Crippen LogP contribution in [-0.4, -0.2) is 218 Å². The van der Waals surface area contributed by atoms with Crippen molar-refractivity contribution in [2.75, 3.05) is 13.2 Å². The molecular formula is C38H48O26. The van der Waals surface area contributed by atoms with Crippen LogP contribution in [0.3, 0.4) is 0 Å². The molecule has 26 nitrogen and oxygen atoms in total. The van der Waals surface area contributed by atoms with Gasteiger partial charge in [-0.1, -0.05) is 0 Å². The first-order valence-electron chi connectivity index (χ1n) is 19.6. The summed E-state index contributed by atoms with van der Waals surface area (Å²) in [6.07, 6.45) is -36.1. The van der Waals surface area contributed by atoms with Crippen molar-refractivity contribution < 1.29 is 124 Å². The minimum atomic E-state index is -2.18. The van der Waals surface area contributed by atoms with Gasteiger partial charge in [0.05, 0.1) is 24.9 Å². The third-order valence-electron chi connectivity index (χ3n) is 11.2. The van der Waals surface area contributed by atoms with E-state index in [4.69, 9.17) is 42.3 Å². The average molecular weight is 921 g/mol. The van der Waals surface area contributed by atoms with E-state index in [-0.39, 0.29) is 5.75 Å². The molecule has 2 aromatic carbocycles. The summed E-state index contributed by atoms with van der Waals surface area (Å²) in [4.78, 5) is 14.1. The number of hydrogen-bond donors (Lipinski definition) is 16. The number of aliphatic hydroxyl groups is 13. The molecule has 356 valence electrons. The molecule has 7 rings (SSSR count). The molecule has 64 heavy (non-hydrogen) atoms. The third-order valence-corrected chi connectivity index (χ3v) is 11.2. The van der Waals surface area contributed by atoms with Crippen LogP contribution < -0.4 is 14.9 Å². The largest absolute Gasteiger partial charge is 0.508 e. The number of ether oxygens (including phenoxy) is 8. The molecule has 20 atom stereocenters. The molecule has 0 bridgehead atoms. The predicted octanol–water partition coefficient (Wildman–Crippen LogP) is -6.43.